The Bertz CT molecular complexity index is 939. The lowest BCUT2D eigenvalue weighted by Gasteiger charge is -2.12. The SMILES string of the molecule is COCCCn1c(SCc2cc(C)no2)nc2cc(Cl)ccc2c1=O. The quantitative estimate of drug-likeness (QED) is 0.354. The summed E-state index contributed by atoms with van der Waals surface area (Å²) in [5.41, 5.74) is 1.34. The van der Waals surface area contributed by atoms with Crippen LogP contribution in [0, 0.1) is 6.92 Å². The number of rotatable bonds is 7. The number of halogens is 1. The molecule has 0 radical (unpaired) electrons. The number of nitrogens with zero attached hydrogens (tertiary/aromatic N) is 3. The van der Waals surface area contributed by atoms with E-state index in [4.69, 9.17) is 20.9 Å². The van der Waals surface area contributed by atoms with E-state index in [0.717, 1.165) is 17.9 Å². The van der Waals surface area contributed by atoms with Crippen LogP contribution in [0.2, 0.25) is 5.02 Å². The summed E-state index contributed by atoms with van der Waals surface area (Å²) in [6, 6.07) is 7.00. The summed E-state index contributed by atoms with van der Waals surface area (Å²) < 4.78 is 12.0. The van der Waals surface area contributed by atoms with E-state index < -0.39 is 0 Å². The Morgan fingerprint density at radius 3 is 2.92 bits per heavy atom. The van der Waals surface area contributed by atoms with Crippen molar-refractivity contribution in [3.63, 3.8) is 0 Å². The highest BCUT2D eigenvalue weighted by molar-refractivity contribution is 7.98. The smallest absolute Gasteiger partial charge is 0.262 e. The lowest BCUT2D eigenvalue weighted by molar-refractivity contribution is 0.189. The van der Waals surface area contributed by atoms with Crippen LogP contribution < -0.4 is 5.56 Å². The molecule has 132 valence electrons. The molecule has 0 bridgehead atoms. The fourth-order valence-electron chi connectivity index (χ4n) is 2.47. The molecule has 3 rings (SSSR count). The minimum absolute atomic E-state index is 0.0750. The maximum absolute atomic E-state index is 12.9. The van der Waals surface area contributed by atoms with Gasteiger partial charge >= 0.3 is 0 Å². The fourth-order valence-corrected chi connectivity index (χ4v) is 3.53. The van der Waals surface area contributed by atoms with Crippen molar-refractivity contribution in [2.75, 3.05) is 13.7 Å². The predicted molar refractivity (Wildman–Crippen MR) is 98.3 cm³/mol. The van der Waals surface area contributed by atoms with Gasteiger partial charge in [-0.15, -0.1) is 0 Å². The van der Waals surface area contributed by atoms with Crippen molar-refractivity contribution in [2.45, 2.75) is 30.8 Å². The molecule has 0 aliphatic heterocycles. The molecular weight excluding hydrogens is 362 g/mol. The van der Waals surface area contributed by atoms with Crippen molar-refractivity contribution in [3.8, 4) is 0 Å². The zero-order valence-electron chi connectivity index (χ0n) is 14.0. The summed E-state index contributed by atoms with van der Waals surface area (Å²) in [5.74, 6) is 1.29. The number of methoxy groups -OCH3 is 1. The van der Waals surface area contributed by atoms with Crippen molar-refractivity contribution < 1.29 is 9.26 Å². The van der Waals surface area contributed by atoms with Gasteiger partial charge in [-0.2, -0.15) is 0 Å². The van der Waals surface area contributed by atoms with E-state index in [9.17, 15) is 4.79 Å². The minimum Gasteiger partial charge on any atom is -0.385 e. The standard InChI is InChI=1S/C17H18ClN3O3S/c1-11-8-13(24-20-11)10-25-17-19-15-9-12(18)4-5-14(15)16(22)21(17)6-3-7-23-2/h4-5,8-9H,3,6-7,10H2,1-2H3. The Kier molecular flexibility index (Phi) is 5.78. The highest BCUT2D eigenvalue weighted by atomic mass is 35.5. The molecule has 0 atom stereocenters. The van der Waals surface area contributed by atoms with Crippen molar-refractivity contribution in [1.82, 2.24) is 14.7 Å². The lowest BCUT2D eigenvalue weighted by Crippen LogP contribution is -2.24. The monoisotopic (exact) mass is 379 g/mol. The van der Waals surface area contributed by atoms with Gasteiger partial charge in [0.25, 0.3) is 5.56 Å². The van der Waals surface area contributed by atoms with Crippen LogP contribution in [0.5, 0.6) is 0 Å². The van der Waals surface area contributed by atoms with Gasteiger partial charge in [-0.1, -0.05) is 28.5 Å². The lowest BCUT2D eigenvalue weighted by atomic mass is 10.2. The molecule has 0 fully saturated rings. The zero-order valence-corrected chi connectivity index (χ0v) is 15.6. The van der Waals surface area contributed by atoms with E-state index in [2.05, 4.69) is 10.1 Å². The van der Waals surface area contributed by atoms with Crippen molar-refractivity contribution in [2.24, 2.45) is 0 Å². The first-order chi connectivity index (χ1) is 12.1. The summed E-state index contributed by atoms with van der Waals surface area (Å²) in [6.45, 7) is 2.99. The molecule has 0 N–H and O–H groups in total. The van der Waals surface area contributed by atoms with E-state index in [0.29, 0.717) is 40.0 Å². The molecule has 0 spiro atoms. The molecule has 3 aromatic rings. The molecule has 6 nitrogen and oxygen atoms in total. The molecule has 0 saturated carbocycles. The summed E-state index contributed by atoms with van der Waals surface area (Å²) in [6.07, 6.45) is 0.728. The molecule has 2 aromatic heterocycles. The van der Waals surface area contributed by atoms with E-state index in [1.807, 2.05) is 13.0 Å². The fraction of sp³-hybridized carbons (Fsp3) is 0.353. The topological polar surface area (TPSA) is 70.2 Å². The Balaban J connectivity index is 1.97. The average molecular weight is 380 g/mol. The first-order valence-electron chi connectivity index (χ1n) is 7.82. The summed E-state index contributed by atoms with van der Waals surface area (Å²) in [5, 5.41) is 5.62. The van der Waals surface area contributed by atoms with E-state index in [-0.39, 0.29) is 5.56 Å². The molecule has 25 heavy (non-hydrogen) atoms. The molecular formula is C17H18ClN3O3S. The van der Waals surface area contributed by atoms with Gasteiger partial charge in [0.1, 0.15) is 5.76 Å². The van der Waals surface area contributed by atoms with Gasteiger partial charge in [-0.3, -0.25) is 9.36 Å². The van der Waals surface area contributed by atoms with Gasteiger partial charge < -0.3 is 9.26 Å². The second-order valence-corrected chi connectivity index (χ2v) is 6.96. The van der Waals surface area contributed by atoms with Crippen LogP contribution in [0.4, 0.5) is 0 Å². The third-order valence-electron chi connectivity index (χ3n) is 3.63. The van der Waals surface area contributed by atoms with Gasteiger partial charge in [0.05, 0.1) is 22.3 Å². The van der Waals surface area contributed by atoms with Crippen LogP contribution in [0.3, 0.4) is 0 Å². The molecule has 0 aliphatic carbocycles. The van der Waals surface area contributed by atoms with Crippen LogP contribution in [0.1, 0.15) is 17.9 Å². The third-order valence-corrected chi connectivity index (χ3v) is 4.87. The van der Waals surface area contributed by atoms with E-state index in [1.54, 1.807) is 29.9 Å². The van der Waals surface area contributed by atoms with Crippen molar-refractivity contribution in [1.29, 1.82) is 0 Å². The number of fused-ring (bicyclic) bond motifs is 1. The third kappa shape index (κ3) is 4.23. The van der Waals surface area contributed by atoms with Gasteiger partial charge in [-0.05, 0) is 31.5 Å². The maximum Gasteiger partial charge on any atom is 0.262 e. The Hall–Kier alpha value is -1.83. The van der Waals surface area contributed by atoms with Crippen LogP contribution in [-0.4, -0.2) is 28.4 Å². The summed E-state index contributed by atoms with van der Waals surface area (Å²) >= 11 is 7.49. The second-order valence-electron chi connectivity index (χ2n) is 5.58. The Morgan fingerprint density at radius 2 is 2.20 bits per heavy atom. The number of aryl methyl sites for hydroxylation is 1. The molecule has 0 unspecified atom stereocenters. The number of hydrogen-bond acceptors (Lipinski definition) is 6. The number of aromatic nitrogens is 3. The van der Waals surface area contributed by atoms with Gasteiger partial charge in [0, 0.05) is 31.4 Å². The Labute approximate surface area is 154 Å². The van der Waals surface area contributed by atoms with Gasteiger partial charge in [0.2, 0.25) is 0 Å². The zero-order chi connectivity index (χ0) is 17.8. The predicted octanol–water partition coefficient (Wildman–Crippen LogP) is 3.68. The molecule has 0 aliphatic rings. The number of hydrogen-bond donors (Lipinski definition) is 0. The molecule has 0 amide bonds. The van der Waals surface area contributed by atoms with Gasteiger partial charge in [0.15, 0.2) is 5.16 Å². The van der Waals surface area contributed by atoms with Crippen molar-refractivity contribution >= 4 is 34.3 Å². The van der Waals surface area contributed by atoms with E-state index >= 15 is 0 Å². The molecule has 8 heteroatoms. The highest BCUT2D eigenvalue weighted by Crippen LogP contribution is 2.24. The maximum atomic E-state index is 12.9. The van der Waals surface area contributed by atoms with Crippen molar-refractivity contribution in [3.05, 3.63) is 51.1 Å². The number of thioether (sulfide) groups is 1. The summed E-state index contributed by atoms with van der Waals surface area (Å²) in [4.78, 5) is 17.5. The van der Waals surface area contributed by atoms with Crippen LogP contribution in [0.15, 0.2) is 38.7 Å². The van der Waals surface area contributed by atoms with Crippen LogP contribution in [0.25, 0.3) is 10.9 Å². The minimum atomic E-state index is -0.0750. The first kappa shape index (κ1) is 18.0. The second kappa shape index (κ2) is 8.03. The molecule has 1 aromatic carbocycles. The normalized spacial score (nSPS) is 11.3. The molecule has 0 saturated heterocycles. The van der Waals surface area contributed by atoms with Crippen LogP contribution >= 0.6 is 23.4 Å². The van der Waals surface area contributed by atoms with E-state index in [1.165, 1.54) is 11.8 Å². The first-order valence-corrected chi connectivity index (χ1v) is 9.19. The average Bonchev–Trinajstić information content (AvgIpc) is 3.00. The number of benzene rings is 1. The largest absolute Gasteiger partial charge is 0.385 e. The molecule has 2 heterocycles. The highest BCUT2D eigenvalue weighted by Gasteiger charge is 2.13. The Morgan fingerprint density at radius 1 is 1.36 bits per heavy atom. The number of ether oxygens (including phenoxy) is 1. The van der Waals surface area contributed by atoms with Gasteiger partial charge in [-0.25, -0.2) is 4.98 Å². The van der Waals surface area contributed by atoms with Crippen LogP contribution in [-0.2, 0) is 17.0 Å². The summed E-state index contributed by atoms with van der Waals surface area (Å²) in [7, 11) is 1.64.